The molecule has 0 saturated heterocycles. The van der Waals surface area contributed by atoms with Crippen LogP contribution in [0.3, 0.4) is 0 Å². The van der Waals surface area contributed by atoms with Crippen molar-refractivity contribution < 1.29 is 20.1 Å². The second kappa shape index (κ2) is 8.27. The molecule has 3 aromatic rings. The van der Waals surface area contributed by atoms with Crippen LogP contribution in [0, 0.1) is 0 Å². The summed E-state index contributed by atoms with van der Waals surface area (Å²) in [5, 5.41) is 32.4. The predicted octanol–water partition coefficient (Wildman–Crippen LogP) is 4.19. The first-order valence-corrected chi connectivity index (χ1v) is 8.68. The number of hydrogen-bond acceptors (Lipinski definition) is 4. The minimum atomic E-state index is -0.993. The Bertz CT molecular complexity index is 953. The Morgan fingerprint density at radius 1 is 0.778 bits per heavy atom. The van der Waals surface area contributed by atoms with Crippen LogP contribution in [0.15, 0.2) is 66.7 Å². The highest BCUT2D eigenvalue weighted by molar-refractivity contribution is 5.89. The van der Waals surface area contributed by atoms with Crippen molar-refractivity contribution >= 4 is 11.7 Å². The Morgan fingerprint density at radius 3 is 2.00 bits per heavy atom. The number of anilines is 1. The summed E-state index contributed by atoms with van der Waals surface area (Å²) in [5.74, 6) is -0.550. The molecule has 0 amide bonds. The van der Waals surface area contributed by atoms with E-state index in [2.05, 4.69) is 5.32 Å². The van der Waals surface area contributed by atoms with Gasteiger partial charge in [-0.15, -0.1) is 0 Å². The summed E-state index contributed by atoms with van der Waals surface area (Å²) >= 11 is 0. The van der Waals surface area contributed by atoms with Crippen molar-refractivity contribution in [3.05, 3.63) is 89.0 Å². The van der Waals surface area contributed by atoms with Gasteiger partial charge in [-0.1, -0.05) is 42.5 Å². The van der Waals surface area contributed by atoms with Gasteiger partial charge in [0.25, 0.3) is 0 Å². The van der Waals surface area contributed by atoms with Crippen molar-refractivity contribution in [1.29, 1.82) is 0 Å². The molecule has 0 bridgehead atoms. The first kappa shape index (κ1) is 18.3. The van der Waals surface area contributed by atoms with Gasteiger partial charge in [-0.25, -0.2) is 4.79 Å². The second-order valence-corrected chi connectivity index (χ2v) is 6.29. The number of carboxylic acids is 1. The van der Waals surface area contributed by atoms with Crippen molar-refractivity contribution in [3.63, 3.8) is 0 Å². The van der Waals surface area contributed by atoms with Gasteiger partial charge in [-0.2, -0.15) is 0 Å². The van der Waals surface area contributed by atoms with Crippen LogP contribution in [0.25, 0.3) is 0 Å². The Kier molecular flexibility index (Phi) is 5.61. The van der Waals surface area contributed by atoms with E-state index in [1.165, 1.54) is 0 Å². The largest absolute Gasteiger partial charge is 0.508 e. The molecule has 4 N–H and O–H groups in total. The van der Waals surface area contributed by atoms with E-state index in [9.17, 15) is 20.1 Å². The van der Waals surface area contributed by atoms with Crippen LogP contribution in [0.5, 0.6) is 11.5 Å². The minimum Gasteiger partial charge on any atom is -0.508 e. The Balaban J connectivity index is 1.81. The molecular formula is C22H21NO4. The number of aromatic hydroxyl groups is 2. The van der Waals surface area contributed by atoms with Gasteiger partial charge in [0.05, 0.1) is 5.56 Å². The summed E-state index contributed by atoms with van der Waals surface area (Å²) in [6.07, 6.45) is 1.27. The van der Waals surface area contributed by atoms with Crippen LogP contribution in [0.1, 0.15) is 27.0 Å². The van der Waals surface area contributed by atoms with Crippen LogP contribution >= 0.6 is 0 Å². The topological polar surface area (TPSA) is 89.8 Å². The molecule has 0 radical (unpaired) electrons. The van der Waals surface area contributed by atoms with Gasteiger partial charge in [-0.3, -0.25) is 0 Å². The number of carbonyl (C=O) groups is 1. The highest BCUT2D eigenvalue weighted by atomic mass is 16.4. The van der Waals surface area contributed by atoms with Gasteiger partial charge in [0.1, 0.15) is 11.5 Å². The number of phenols is 2. The second-order valence-electron chi connectivity index (χ2n) is 6.29. The molecule has 0 aliphatic rings. The molecule has 0 aliphatic heterocycles. The van der Waals surface area contributed by atoms with E-state index in [-0.39, 0.29) is 17.1 Å². The van der Waals surface area contributed by atoms with Crippen LogP contribution < -0.4 is 5.32 Å². The van der Waals surface area contributed by atoms with E-state index in [1.54, 1.807) is 42.5 Å². The van der Waals surface area contributed by atoms with Crippen molar-refractivity contribution in [2.45, 2.75) is 19.4 Å². The number of hydrogen-bond donors (Lipinski definition) is 4. The number of nitrogens with one attached hydrogen (secondary N) is 1. The summed E-state index contributed by atoms with van der Waals surface area (Å²) in [5.41, 5.74) is 3.41. The summed E-state index contributed by atoms with van der Waals surface area (Å²) in [6, 6.07) is 19.2. The zero-order chi connectivity index (χ0) is 19.2. The van der Waals surface area contributed by atoms with Gasteiger partial charge in [0, 0.05) is 17.8 Å². The number of benzene rings is 3. The summed E-state index contributed by atoms with van der Waals surface area (Å²) in [4.78, 5) is 11.3. The monoisotopic (exact) mass is 363 g/mol. The maximum Gasteiger partial charge on any atom is 0.335 e. The maximum atomic E-state index is 11.3. The van der Waals surface area contributed by atoms with Crippen molar-refractivity contribution in [3.8, 4) is 11.5 Å². The molecule has 0 atom stereocenters. The SMILES string of the molecule is O=C(O)c1ccc(CCc2ccccc2O)c(NCc2ccccc2O)c1. The van der Waals surface area contributed by atoms with Crippen molar-refractivity contribution in [1.82, 2.24) is 0 Å². The molecule has 0 aromatic heterocycles. The molecule has 3 rings (SSSR count). The van der Waals surface area contributed by atoms with Gasteiger partial charge in [0.2, 0.25) is 0 Å². The zero-order valence-electron chi connectivity index (χ0n) is 14.7. The molecule has 0 heterocycles. The van der Waals surface area contributed by atoms with Crippen LogP contribution in [-0.4, -0.2) is 21.3 Å². The lowest BCUT2D eigenvalue weighted by atomic mass is 10.0. The van der Waals surface area contributed by atoms with E-state index < -0.39 is 5.97 Å². The normalized spacial score (nSPS) is 10.5. The number of aryl methyl sites for hydroxylation is 2. The third-order valence-electron chi connectivity index (χ3n) is 4.47. The van der Waals surface area contributed by atoms with Gasteiger partial charge in [-0.05, 0) is 48.2 Å². The fraction of sp³-hybridized carbons (Fsp3) is 0.136. The molecule has 3 aromatic carbocycles. The van der Waals surface area contributed by atoms with Crippen molar-refractivity contribution in [2.24, 2.45) is 0 Å². The van der Waals surface area contributed by atoms with E-state index in [0.717, 1.165) is 16.7 Å². The van der Waals surface area contributed by atoms with Crippen LogP contribution in [0.4, 0.5) is 5.69 Å². The molecule has 138 valence electrons. The summed E-state index contributed by atoms with van der Waals surface area (Å²) < 4.78 is 0. The molecular weight excluding hydrogens is 342 g/mol. The fourth-order valence-corrected chi connectivity index (χ4v) is 2.93. The lowest BCUT2D eigenvalue weighted by Crippen LogP contribution is -2.06. The molecule has 0 fully saturated rings. The van der Waals surface area contributed by atoms with E-state index in [0.29, 0.717) is 25.1 Å². The Morgan fingerprint density at radius 2 is 1.37 bits per heavy atom. The summed E-state index contributed by atoms with van der Waals surface area (Å²) in [7, 11) is 0. The van der Waals surface area contributed by atoms with Gasteiger partial charge >= 0.3 is 5.97 Å². The van der Waals surface area contributed by atoms with Gasteiger partial charge in [0.15, 0.2) is 0 Å². The highest BCUT2D eigenvalue weighted by Gasteiger charge is 2.10. The average Bonchev–Trinajstić information content (AvgIpc) is 2.67. The number of phenolic OH excluding ortho intramolecular Hbond substituents is 2. The van der Waals surface area contributed by atoms with E-state index in [1.807, 2.05) is 24.3 Å². The lowest BCUT2D eigenvalue weighted by molar-refractivity contribution is 0.0697. The standard InChI is InChI=1S/C22H21NO4/c24-20-7-3-1-5-16(20)11-9-15-10-12-17(22(26)27)13-19(15)23-14-18-6-2-4-8-21(18)25/h1-8,10,12-13,23-25H,9,11,14H2,(H,26,27). The quantitative estimate of drug-likeness (QED) is 0.505. The molecule has 5 nitrogen and oxygen atoms in total. The first-order valence-electron chi connectivity index (χ1n) is 8.68. The zero-order valence-corrected chi connectivity index (χ0v) is 14.7. The average molecular weight is 363 g/mol. The van der Waals surface area contributed by atoms with E-state index >= 15 is 0 Å². The molecule has 0 aliphatic carbocycles. The molecule has 5 heteroatoms. The lowest BCUT2D eigenvalue weighted by Gasteiger charge is -2.14. The number of carboxylic acid groups (broad SMARTS) is 1. The molecule has 0 saturated carbocycles. The third-order valence-corrected chi connectivity index (χ3v) is 4.47. The number of rotatable bonds is 7. The number of para-hydroxylation sites is 2. The fourth-order valence-electron chi connectivity index (χ4n) is 2.93. The van der Waals surface area contributed by atoms with Crippen LogP contribution in [-0.2, 0) is 19.4 Å². The minimum absolute atomic E-state index is 0.190. The Labute approximate surface area is 157 Å². The van der Waals surface area contributed by atoms with E-state index in [4.69, 9.17) is 0 Å². The third kappa shape index (κ3) is 4.58. The number of aromatic carboxylic acids is 1. The maximum absolute atomic E-state index is 11.3. The van der Waals surface area contributed by atoms with Crippen LogP contribution in [0.2, 0.25) is 0 Å². The predicted molar refractivity (Wildman–Crippen MR) is 104 cm³/mol. The molecule has 27 heavy (non-hydrogen) atoms. The summed E-state index contributed by atoms with van der Waals surface area (Å²) in [6.45, 7) is 0.374. The van der Waals surface area contributed by atoms with Gasteiger partial charge < -0.3 is 20.6 Å². The van der Waals surface area contributed by atoms with Crippen molar-refractivity contribution in [2.75, 3.05) is 5.32 Å². The first-order chi connectivity index (χ1) is 13.0. The molecule has 0 spiro atoms. The smallest absolute Gasteiger partial charge is 0.335 e. The Hall–Kier alpha value is -3.47. The molecule has 0 unspecified atom stereocenters. The highest BCUT2D eigenvalue weighted by Crippen LogP contribution is 2.25.